The van der Waals surface area contributed by atoms with Crippen LogP contribution >= 0.6 is 12.2 Å². The summed E-state index contributed by atoms with van der Waals surface area (Å²) in [4.78, 5) is 16.6. The normalized spacial score (nSPS) is 15.0. The minimum atomic E-state index is -0.331. The van der Waals surface area contributed by atoms with Gasteiger partial charge in [-0.2, -0.15) is 5.10 Å². The number of nitrogens with two attached hydrogens (primary N) is 1. The van der Waals surface area contributed by atoms with E-state index < -0.39 is 0 Å². The highest BCUT2D eigenvalue weighted by Crippen LogP contribution is 2.30. The summed E-state index contributed by atoms with van der Waals surface area (Å²) >= 11 is 4.78. The highest BCUT2D eigenvalue weighted by Gasteiger charge is 2.28. The highest BCUT2D eigenvalue weighted by atomic mass is 32.1. The van der Waals surface area contributed by atoms with E-state index in [9.17, 15) is 4.79 Å². The van der Waals surface area contributed by atoms with Gasteiger partial charge in [0.05, 0.1) is 5.71 Å². The van der Waals surface area contributed by atoms with E-state index in [2.05, 4.69) is 20.8 Å². The Labute approximate surface area is 144 Å². The van der Waals surface area contributed by atoms with Crippen molar-refractivity contribution in [3.05, 3.63) is 47.0 Å². The molecular formula is C16H17N5O2S. The summed E-state index contributed by atoms with van der Waals surface area (Å²) in [7, 11) is 0. The lowest BCUT2D eigenvalue weighted by Gasteiger charge is -2.13. The van der Waals surface area contributed by atoms with Crippen LogP contribution in [0, 0.1) is 6.92 Å². The number of rotatable bonds is 3. The number of nitrogens with zero attached hydrogens (tertiary/aromatic N) is 2. The maximum absolute atomic E-state index is 12.5. The number of hydrogen-bond acceptors (Lipinski definition) is 5. The first-order valence-corrected chi connectivity index (χ1v) is 7.94. The molecule has 1 amide bonds. The van der Waals surface area contributed by atoms with E-state index in [0.29, 0.717) is 5.82 Å². The van der Waals surface area contributed by atoms with Gasteiger partial charge in [0.2, 0.25) is 0 Å². The Kier molecular flexibility index (Phi) is 4.57. The van der Waals surface area contributed by atoms with Gasteiger partial charge in [-0.25, -0.2) is 4.98 Å². The molecule has 0 aromatic carbocycles. The minimum absolute atomic E-state index is 0.101. The van der Waals surface area contributed by atoms with E-state index in [1.165, 1.54) is 0 Å². The van der Waals surface area contributed by atoms with Gasteiger partial charge in [-0.1, -0.05) is 6.07 Å². The molecule has 2 aromatic heterocycles. The van der Waals surface area contributed by atoms with Crippen LogP contribution in [-0.4, -0.2) is 21.7 Å². The van der Waals surface area contributed by atoms with E-state index in [1.54, 1.807) is 24.4 Å². The molecule has 3 rings (SSSR count). The Morgan fingerprint density at radius 2 is 2.25 bits per heavy atom. The van der Waals surface area contributed by atoms with Gasteiger partial charge in [0.15, 0.2) is 10.9 Å². The predicted octanol–water partition coefficient (Wildman–Crippen LogP) is 2.11. The molecule has 0 saturated carbocycles. The number of carbonyl (C=O) groups excluding carboxylic acids is 1. The van der Waals surface area contributed by atoms with Crippen molar-refractivity contribution >= 4 is 34.8 Å². The summed E-state index contributed by atoms with van der Waals surface area (Å²) in [6.07, 6.45) is 4.03. The van der Waals surface area contributed by atoms with Crippen LogP contribution < -0.4 is 16.5 Å². The Bertz CT molecular complexity index is 813. The zero-order valence-electron chi connectivity index (χ0n) is 13.1. The second-order valence-corrected chi connectivity index (χ2v) is 5.85. The third kappa shape index (κ3) is 3.28. The lowest BCUT2D eigenvalue weighted by molar-refractivity contribution is 0.0993. The van der Waals surface area contributed by atoms with Gasteiger partial charge in [0.1, 0.15) is 11.6 Å². The predicted molar refractivity (Wildman–Crippen MR) is 95.0 cm³/mol. The topological polar surface area (TPSA) is 106 Å². The van der Waals surface area contributed by atoms with Crippen molar-refractivity contribution in [2.75, 3.05) is 5.32 Å². The number of furan rings is 1. The molecule has 0 aliphatic heterocycles. The SMILES string of the molecule is Cc1c(C(=O)Nc2ccccn2)oc2c1/C(=N/NC(N)=S)CCC2. The van der Waals surface area contributed by atoms with Crippen LogP contribution in [0.15, 0.2) is 33.9 Å². The largest absolute Gasteiger partial charge is 0.455 e. The number of carbonyl (C=O) groups is 1. The van der Waals surface area contributed by atoms with Crippen LogP contribution in [0.2, 0.25) is 0 Å². The molecule has 0 radical (unpaired) electrons. The number of hydrogen-bond donors (Lipinski definition) is 3. The third-order valence-corrected chi connectivity index (χ3v) is 3.83. The molecule has 0 saturated heterocycles. The fraction of sp³-hybridized carbons (Fsp3) is 0.250. The Hall–Kier alpha value is -2.74. The van der Waals surface area contributed by atoms with Crippen LogP contribution in [-0.2, 0) is 6.42 Å². The average Bonchev–Trinajstić information content (AvgIpc) is 2.91. The molecule has 2 aromatic rings. The smallest absolute Gasteiger partial charge is 0.292 e. The molecule has 1 aliphatic rings. The first-order chi connectivity index (χ1) is 11.6. The summed E-state index contributed by atoms with van der Waals surface area (Å²) in [5, 5.41) is 7.07. The molecule has 24 heavy (non-hydrogen) atoms. The fourth-order valence-corrected chi connectivity index (χ4v) is 2.77. The number of fused-ring (bicyclic) bond motifs is 1. The maximum Gasteiger partial charge on any atom is 0.292 e. The minimum Gasteiger partial charge on any atom is -0.455 e. The first kappa shape index (κ1) is 16.1. The van der Waals surface area contributed by atoms with Gasteiger partial charge in [0.25, 0.3) is 5.91 Å². The molecule has 2 heterocycles. The molecule has 124 valence electrons. The quantitative estimate of drug-likeness (QED) is 0.582. The van der Waals surface area contributed by atoms with Crippen molar-refractivity contribution in [2.45, 2.75) is 26.2 Å². The van der Waals surface area contributed by atoms with Gasteiger partial charge >= 0.3 is 0 Å². The van der Waals surface area contributed by atoms with Gasteiger partial charge in [-0.15, -0.1) is 0 Å². The standard InChI is InChI=1S/C16H17N5O2S/c1-9-13-10(20-21-16(17)24)5-4-6-11(13)23-14(9)15(22)19-12-7-2-3-8-18-12/h2-3,7-8H,4-6H2,1H3,(H3,17,21,24)(H,18,19,22)/b20-10+. The number of anilines is 1. The third-order valence-electron chi connectivity index (χ3n) is 3.74. The van der Waals surface area contributed by atoms with E-state index in [4.69, 9.17) is 22.4 Å². The van der Waals surface area contributed by atoms with Crippen LogP contribution in [0.3, 0.4) is 0 Å². The fourth-order valence-electron chi connectivity index (χ4n) is 2.73. The number of hydrazone groups is 1. The Morgan fingerprint density at radius 1 is 1.42 bits per heavy atom. The summed E-state index contributed by atoms with van der Waals surface area (Å²) in [5.41, 5.74) is 10.4. The van der Waals surface area contributed by atoms with Gasteiger partial charge in [-0.3, -0.25) is 10.2 Å². The molecule has 1 aliphatic carbocycles. The van der Waals surface area contributed by atoms with Crippen molar-refractivity contribution < 1.29 is 9.21 Å². The Morgan fingerprint density at radius 3 is 2.96 bits per heavy atom. The number of thiocarbonyl (C=S) groups is 1. The molecule has 0 atom stereocenters. The maximum atomic E-state index is 12.5. The summed E-state index contributed by atoms with van der Waals surface area (Å²) < 4.78 is 5.80. The molecule has 7 nitrogen and oxygen atoms in total. The van der Waals surface area contributed by atoms with Gasteiger partial charge in [-0.05, 0) is 44.1 Å². The summed E-state index contributed by atoms with van der Waals surface area (Å²) in [5.74, 6) is 1.17. The van der Waals surface area contributed by atoms with E-state index in [-0.39, 0.29) is 16.8 Å². The summed E-state index contributed by atoms with van der Waals surface area (Å²) in [6.45, 7) is 1.84. The zero-order valence-corrected chi connectivity index (χ0v) is 13.9. The molecule has 4 N–H and O–H groups in total. The summed E-state index contributed by atoms with van der Waals surface area (Å²) in [6, 6.07) is 5.30. The van der Waals surface area contributed by atoms with Crippen molar-refractivity contribution in [3.8, 4) is 0 Å². The second-order valence-electron chi connectivity index (χ2n) is 5.41. The van der Waals surface area contributed by atoms with Crippen molar-refractivity contribution in [3.63, 3.8) is 0 Å². The van der Waals surface area contributed by atoms with Gasteiger partial charge in [0, 0.05) is 23.7 Å². The lowest BCUT2D eigenvalue weighted by atomic mass is 9.93. The lowest BCUT2D eigenvalue weighted by Crippen LogP contribution is -2.26. The van der Waals surface area contributed by atoms with Crippen molar-refractivity contribution in [1.29, 1.82) is 0 Å². The number of aromatic nitrogens is 1. The molecule has 0 spiro atoms. The number of pyridine rings is 1. The molecule has 8 heteroatoms. The number of aryl methyl sites for hydroxylation is 1. The van der Waals surface area contributed by atoms with E-state index in [1.807, 2.05) is 6.92 Å². The number of nitrogens with one attached hydrogen (secondary N) is 2. The number of amides is 1. The van der Waals surface area contributed by atoms with Crippen molar-refractivity contribution in [2.24, 2.45) is 10.8 Å². The van der Waals surface area contributed by atoms with Crippen LogP contribution in [0.5, 0.6) is 0 Å². The van der Waals surface area contributed by atoms with E-state index in [0.717, 1.165) is 41.9 Å². The monoisotopic (exact) mass is 343 g/mol. The van der Waals surface area contributed by atoms with Crippen LogP contribution in [0.25, 0.3) is 0 Å². The zero-order chi connectivity index (χ0) is 17.1. The van der Waals surface area contributed by atoms with Gasteiger partial charge < -0.3 is 15.5 Å². The Balaban J connectivity index is 1.90. The van der Waals surface area contributed by atoms with Crippen LogP contribution in [0.4, 0.5) is 5.82 Å². The molecule has 0 fully saturated rings. The van der Waals surface area contributed by atoms with Crippen molar-refractivity contribution in [1.82, 2.24) is 10.4 Å². The highest BCUT2D eigenvalue weighted by molar-refractivity contribution is 7.80. The molecular weight excluding hydrogens is 326 g/mol. The molecule has 0 bridgehead atoms. The van der Waals surface area contributed by atoms with E-state index >= 15 is 0 Å². The second kappa shape index (κ2) is 6.79. The first-order valence-electron chi connectivity index (χ1n) is 7.53. The average molecular weight is 343 g/mol. The van der Waals surface area contributed by atoms with Crippen LogP contribution in [0.1, 0.15) is 40.3 Å². The molecule has 0 unspecified atom stereocenters.